The lowest BCUT2D eigenvalue weighted by Gasteiger charge is -2.19. The topological polar surface area (TPSA) is 58.2 Å². The van der Waals surface area contributed by atoms with Crippen LogP contribution in [-0.4, -0.2) is 27.0 Å². The molecule has 0 fully saturated rings. The third-order valence-electron chi connectivity index (χ3n) is 2.14. The molecule has 1 aromatic rings. The normalized spacial score (nSPS) is 12.9. The van der Waals surface area contributed by atoms with Gasteiger partial charge in [-0.05, 0) is 52.4 Å². The van der Waals surface area contributed by atoms with Crippen molar-refractivity contribution in [2.75, 3.05) is 13.1 Å². The van der Waals surface area contributed by atoms with Crippen LogP contribution in [0.25, 0.3) is 0 Å². The van der Waals surface area contributed by atoms with E-state index in [9.17, 15) is 8.42 Å². The summed E-state index contributed by atoms with van der Waals surface area (Å²) in [6.07, 6.45) is 0.865. The van der Waals surface area contributed by atoms with E-state index in [2.05, 4.69) is 17.0 Å². The van der Waals surface area contributed by atoms with Gasteiger partial charge in [-0.1, -0.05) is 6.92 Å². The SMILES string of the molecule is CCNCCc1ccc(S(=O)(=O)NC(C)(C)C)s1. The van der Waals surface area contributed by atoms with Crippen molar-refractivity contribution in [3.8, 4) is 0 Å². The molecule has 4 nitrogen and oxygen atoms in total. The van der Waals surface area contributed by atoms with Crippen molar-refractivity contribution in [3.63, 3.8) is 0 Å². The highest BCUT2D eigenvalue weighted by molar-refractivity contribution is 7.91. The lowest BCUT2D eigenvalue weighted by molar-refractivity contribution is 0.492. The monoisotopic (exact) mass is 290 g/mol. The molecule has 18 heavy (non-hydrogen) atoms. The summed E-state index contributed by atoms with van der Waals surface area (Å²) in [5, 5.41) is 3.22. The Morgan fingerprint density at radius 2 is 1.94 bits per heavy atom. The van der Waals surface area contributed by atoms with Crippen molar-refractivity contribution in [1.29, 1.82) is 0 Å². The fraction of sp³-hybridized carbons (Fsp3) is 0.667. The second-order valence-electron chi connectivity index (χ2n) is 5.18. The third kappa shape index (κ3) is 5.06. The Labute approximate surface area is 114 Å². The first-order valence-corrected chi connectivity index (χ1v) is 8.38. The summed E-state index contributed by atoms with van der Waals surface area (Å²) >= 11 is 1.34. The molecule has 0 saturated carbocycles. The van der Waals surface area contributed by atoms with Crippen LogP contribution in [0.4, 0.5) is 0 Å². The Morgan fingerprint density at radius 1 is 1.28 bits per heavy atom. The molecular weight excluding hydrogens is 268 g/mol. The van der Waals surface area contributed by atoms with E-state index in [1.807, 2.05) is 26.8 Å². The van der Waals surface area contributed by atoms with Crippen LogP contribution in [0.15, 0.2) is 16.3 Å². The molecule has 1 aromatic heterocycles. The molecule has 0 aliphatic carbocycles. The highest BCUT2D eigenvalue weighted by Crippen LogP contribution is 2.23. The highest BCUT2D eigenvalue weighted by Gasteiger charge is 2.23. The van der Waals surface area contributed by atoms with Gasteiger partial charge in [0.1, 0.15) is 4.21 Å². The first-order chi connectivity index (χ1) is 8.24. The number of likely N-dealkylation sites (N-methyl/N-ethyl adjacent to an activating group) is 1. The molecule has 2 N–H and O–H groups in total. The Bertz CT molecular complexity index is 473. The predicted octanol–water partition coefficient (Wildman–Crippen LogP) is 1.98. The van der Waals surface area contributed by atoms with Crippen LogP contribution in [0.5, 0.6) is 0 Å². The molecule has 104 valence electrons. The van der Waals surface area contributed by atoms with Crippen molar-refractivity contribution in [2.24, 2.45) is 0 Å². The molecule has 0 saturated heterocycles. The fourth-order valence-electron chi connectivity index (χ4n) is 1.48. The number of hydrogen-bond donors (Lipinski definition) is 2. The van der Waals surface area contributed by atoms with Gasteiger partial charge in [-0.3, -0.25) is 0 Å². The van der Waals surface area contributed by atoms with E-state index in [1.54, 1.807) is 6.07 Å². The number of sulfonamides is 1. The summed E-state index contributed by atoms with van der Waals surface area (Å²) in [4.78, 5) is 1.09. The van der Waals surface area contributed by atoms with E-state index >= 15 is 0 Å². The molecule has 0 unspecified atom stereocenters. The van der Waals surface area contributed by atoms with Crippen LogP contribution < -0.4 is 10.0 Å². The van der Waals surface area contributed by atoms with Crippen molar-refractivity contribution in [2.45, 2.75) is 43.9 Å². The Kier molecular flexibility index (Phi) is 5.33. The molecule has 0 amide bonds. The van der Waals surface area contributed by atoms with E-state index in [0.717, 1.165) is 24.4 Å². The number of nitrogens with one attached hydrogen (secondary N) is 2. The van der Waals surface area contributed by atoms with Gasteiger partial charge in [0.25, 0.3) is 10.0 Å². The molecule has 6 heteroatoms. The maximum atomic E-state index is 12.1. The van der Waals surface area contributed by atoms with Crippen LogP contribution in [0.3, 0.4) is 0 Å². The zero-order valence-electron chi connectivity index (χ0n) is 11.4. The van der Waals surface area contributed by atoms with Crippen LogP contribution in [-0.2, 0) is 16.4 Å². The van der Waals surface area contributed by atoms with Crippen LogP contribution >= 0.6 is 11.3 Å². The maximum absolute atomic E-state index is 12.1. The van der Waals surface area contributed by atoms with Gasteiger partial charge in [-0.15, -0.1) is 11.3 Å². The van der Waals surface area contributed by atoms with Gasteiger partial charge in [0, 0.05) is 10.4 Å². The number of hydrogen-bond acceptors (Lipinski definition) is 4. The van der Waals surface area contributed by atoms with E-state index in [4.69, 9.17) is 0 Å². The Hall–Kier alpha value is -0.430. The molecule has 0 atom stereocenters. The van der Waals surface area contributed by atoms with Crippen molar-refractivity contribution in [3.05, 3.63) is 17.0 Å². The van der Waals surface area contributed by atoms with Gasteiger partial charge in [-0.25, -0.2) is 13.1 Å². The van der Waals surface area contributed by atoms with E-state index in [0.29, 0.717) is 4.21 Å². The van der Waals surface area contributed by atoms with Gasteiger partial charge in [-0.2, -0.15) is 0 Å². The maximum Gasteiger partial charge on any atom is 0.250 e. The van der Waals surface area contributed by atoms with Gasteiger partial charge < -0.3 is 5.32 Å². The van der Waals surface area contributed by atoms with Gasteiger partial charge in [0.15, 0.2) is 0 Å². The quantitative estimate of drug-likeness (QED) is 0.788. The zero-order chi connectivity index (χ0) is 13.8. The minimum Gasteiger partial charge on any atom is -0.317 e. The van der Waals surface area contributed by atoms with Crippen LogP contribution in [0.1, 0.15) is 32.6 Å². The Balaban J connectivity index is 2.73. The molecule has 0 aliphatic rings. The molecule has 0 bridgehead atoms. The summed E-state index contributed by atoms with van der Waals surface area (Å²) in [5.74, 6) is 0. The summed E-state index contributed by atoms with van der Waals surface area (Å²) < 4.78 is 27.2. The summed E-state index contributed by atoms with van der Waals surface area (Å²) in [5.41, 5.74) is -0.452. The molecule has 0 spiro atoms. The smallest absolute Gasteiger partial charge is 0.250 e. The number of thiophene rings is 1. The summed E-state index contributed by atoms with van der Waals surface area (Å²) in [6, 6.07) is 3.57. The molecule has 1 rings (SSSR count). The second kappa shape index (κ2) is 6.14. The first-order valence-electron chi connectivity index (χ1n) is 6.08. The lowest BCUT2D eigenvalue weighted by atomic mass is 10.1. The van der Waals surface area contributed by atoms with Crippen LogP contribution in [0, 0.1) is 0 Å². The van der Waals surface area contributed by atoms with Gasteiger partial charge in [0.2, 0.25) is 0 Å². The summed E-state index contributed by atoms with van der Waals surface area (Å²) in [6.45, 7) is 9.38. The van der Waals surface area contributed by atoms with Gasteiger partial charge in [0.05, 0.1) is 0 Å². The van der Waals surface area contributed by atoms with E-state index in [-0.39, 0.29) is 0 Å². The van der Waals surface area contributed by atoms with E-state index < -0.39 is 15.6 Å². The third-order valence-corrected chi connectivity index (χ3v) is 5.54. The zero-order valence-corrected chi connectivity index (χ0v) is 13.0. The minimum atomic E-state index is -3.38. The fourth-order valence-corrected chi connectivity index (χ4v) is 4.25. The average molecular weight is 290 g/mol. The minimum absolute atomic E-state index is 0.393. The molecule has 1 heterocycles. The van der Waals surface area contributed by atoms with Crippen molar-refractivity contribution >= 4 is 21.4 Å². The predicted molar refractivity (Wildman–Crippen MR) is 76.6 cm³/mol. The van der Waals surface area contributed by atoms with Gasteiger partial charge >= 0.3 is 0 Å². The standard InChI is InChI=1S/C12H22N2O2S2/c1-5-13-9-8-10-6-7-11(17-10)18(15,16)14-12(2,3)4/h6-7,13-14H,5,8-9H2,1-4H3. The molecule has 0 aliphatic heterocycles. The molecule has 0 radical (unpaired) electrons. The number of rotatable bonds is 6. The first kappa shape index (κ1) is 15.6. The van der Waals surface area contributed by atoms with Crippen LogP contribution in [0.2, 0.25) is 0 Å². The molecule has 0 aromatic carbocycles. The van der Waals surface area contributed by atoms with Crippen molar-refractivity contribution < 1.29 is 8.42 Å². The Morgan fingerprint density at radius 3 is 2.50 bits per heavy atom. The lowest BCUT2D eigenvalue weighted by Crippen LogP contribution is -2.40. The second-order valence-corrected chi connectivity index (χ2v) is 8.26. The largest absolute Gasteiger partial charge is 0.317 e. The molecular formula is C12H22N2O2S2. The summed E-state index contributed by atoms with van der Waals surface area (Å²) in [7, 11) is -3.38. The highest BCUT2D eigenvalue weighted by atomic mass is 32.2. The average Bonchev–Trinajstić information content (AvgIpc) is 2.63. The van der Waals surface area contributed by atoms with Crippen molar-refractivity contribution in [1.82, 2.24) is 10.0 Å². The van der Waals surface area contributed by atoms with E-state index in [1.165, 1.54) is 11.3 Å².